The molecular weight excluding hydrogens is 270 g/mol. The molecule has 0 aliphatic heterocycles. The quantitative estimate of drug-likeness (QED) is 0.487. The zero-order chi connectivity index (χ0) is 15.4. The second-order valence-corrected chi connectivity index (χ2v) is 4.15. The predicted molar refractivity (Wildman–Crippen MR) is 76.3 cm³/mol. The lowest BCUT2D eigenvalue weighted by Gasteiger charge is -2.10. The molecule has 1 heterocycles. The van der Waals surface area contributed by atoms with Crippen molar-refractivity contribution in [3.63, 3.8) is 0 Å². The fourth-order valence-corrected chi connectivity index (χ4v) is 1.94. The summed E-state index contributed by atoms with van der Waals surface area (Å²) in [5, 5.41) is 19.7. The van der Waals surface area contributed by atoms with Gasteiger partial charge < -0.3 is 0 Å². The van der Waals surface area contributed by atoms with Crippen LogP contribution in [0.2, 0.25) is 0 Å². The zero-order valence-corrected chi connectivity index (χ0v) is 10.8. The monoisotopic (exact) mass is 279 g/mol. The molecule has 0 aliphatic rings. The number of pyridine rings is 1. The fraction of sp³-hybridized carbons (Fsp3) is 0.0667. The molecule has 2 rings (SSSR count). The Labute approximate surface area is 120 Å². The Morgan fingerprint density at radius 2 is 2.10 bits per heavy atom. The van der Waals surface area contributed by atoms with E-state index in [1.807, 2.05) is 0 Å². The number of nitro groups is 1. The molecular formula is C15H9N3O3. The Morgan fingerprint density at radius 3 is 2.71 bits per heavy atom. The van der Waals surface area contributed by atoms with Gasteiger partial charge >= 0.3 is 0 Å². The number of nitro benzene ring substituents is 1. The summed E-state index contributed by atoms with van der Waals surface area (Å²) in [6.45, 7) is -0.0214. The first-order valence-electron chi connectivity index (χ1n) is 5.90. The number of non-ortho nitro benzene ring substituents is 1. The highest BCUT2D eigenvalue weighted by atomic mass is 16.6. The van der Waals surface area contributed by atoms with Crippen molar-refractivity contribution in [1.82, 2.24) is 4.57 Å². The van der Waals surface area contributed by atoms with E-state index in [1.54, 1.807) is 18.2 Å². The van der Waals surface area contributed by atoms with Crippen molar-refractivity contribution < 1.29 is 4.92 Å². The molecule has 1 aromatic heterocycles. The maximum Gasteiger partial charge on any atom is 0.270 e. The predicted octanol–water partition coefficient (Wildman–Crippen LogP) is 1.93. The van der Waals surface area contributed by atoms with Crippen molar-refractivity contribution in [2.24, 2.45) is 0 Å². The van der Waals surface area contributed by atoms with Gasteiger partial charge in [0.25, 0.3) is 11.2 Å². The minimum atomic E-state index is -0.517. The average Bonchev–Trinajstić information content (AvgIpc) is 2.49. The molecule has 6 nitrogen and oxygen atoms in total. The van der Waals surface area contributed by atoms with E-state index in [0.717, 1.165) is 0 Å². The third kappa shape index (κ3) is 2.65. The van der Waals surface area contributed by atoms with E-state index >= 15 is 0 Å². The van der Waals surface area contributed by atoms with Crippen molar-refractivity contribution in [2.75, 3.05) is 0 Å². The number of benzene rings is 1. The fourth-order valence-electron chi connectivity index (χ4n) is 1.94. The summed E-state index contributed by atoms with van der Waals surface area (Å²) in [7, 11) is 0. The molecule has 0 radical (unpaired) electrons. The molecule has 0 saturated heterocycles. The van der Waals surface area contributed by atoms with Gasteiger partial charge in [0.2, 0.25) is 0 Å². The van der Waals surface area contributed by atoms with Gasteiger partial charge in [-0.25, -0.2) is 0 Å². The molecule has 0 atom stereocenters. The first kappa shape index (κ1) is 14.0. The number of nitrogens with zero attached hydrogens (tertiary/aromatic N) is 3. The van der Waals surface area contributed by atoms with E-state index in [2.05, 4.69) is 5.92 Å². The van der Waals surface area contributed by atoms with Gasteiger partial charge in [0.05, 0.1) is 17.2 Å². The van der Waals surface area contributed by atoms with E-state index in [4.69, 9.17) is 11.7 Å². The molecule has 21 heavy (non-hydrogen) atoms. The normalized spacial score (nSPS) is 9.62. The van der Waals surface area contributed by atoms with E-state index in [-0.39, 0.29) is 17.8 Å². The summed E-state index contributed by atoms with van der Waals surface area (Å²) in [5.74, 6) is 2.34. The number of hydrogen-bond donors (Lipinski definition) is 0. The zero-order valence-electron chi connectivity index (χ0n) is 10.8. The largest absolute Gasteiger partial charge is 0.296 e. The van der Waals surface area contributed by atoms with Crippen LogP contribution in [0.25, 0.3) is 11.3 Å². The first-order valence-corrected chi connectivity index (χ1v) is 5.90. The second kappa shape index (κ2) is 5.72. The van der Waals surface area contributed by atoms with Crippen LogP contribution >= 0.6 is 0 Å². The Balaban J connectivity index is 2.70. The van der Waals surface area contributed by atoms with Gasteiger partial charge in [-0.1, -0.05) is 18.1 Å². The molecule has 0 fully saturated rings. The van der Waals surface area contributed by atoms with Crippen LogP contribution in [-0.2, 0) is 6.54 Å². The smallest absolute Gasteiger partial charge is 0.270 e. The second-order valence-electron chi connectivity index (χ2n) is 4.15. The van der Waals surface area contributed by atoms with Crippen molar-refractivity contribution in [3.05, 3.63) is 62.4 Å². The summed E-state index contributed by atoms with van der Waals surface area (Å²) < 4.78 is 1.25. The Hall–Kier alpha value is -3.38. The van der Waals surface area contributed by atoms with E-state index < -0.39 is 10.5 Å². The average molecular weight is 279 g/mol. The topological polar surface area (TPSA) is 88.9 Å². The molecule has 0 N–H and O–H groups in total. The van der Waals surface area contributed by atoms with Crippen LogP contribution in [0.1, 0.15) is 5.56 Å². The minimum absolute atomic E-state index is 0.0214. The van der Waals surface area contributed by atoms with E-state index in [1.165, 1.54) is 28.8 Å². The van der Waals surface area contributed by atoms with Crippen LogP contribution in [0, 0.1) is 33.8 Å². The van der Waals surface area contributed by atoms with Crippen LogP contribution in [0.15, 0.2) is 41.2 Å². The van der Waals surface area contributed by atoms with Gasteiger partial charge in [-0.05, 0) is 12.1 Å². The molecule has 0 amide bonds. The van der Waals surface area contributed by atoms with Crippen LogP contribution in [0.4, 0.5) is 5.69 Å². The van der Waals surface area contributed by atoms with Gasteiger partial charge in [0, 0.05) is 17.7 Å². The number of hydrogen-bond acceptors (Lipinski definition) is 4. The SMILES string of the molecule is C#CCn1c(-c2cccc([N+](=O)[O-])c2)ccc(C#N)c1=O. The Morgan fingerprint density at radius 1 is 1.33 bits per heavy atom. The molecule has 0 unspecified atom stereocenters. The minimum Gasteiger partial charge on any atom is -0.296 e. The highest BCUT2D eigenvalue weighted by Gasteiger charge is 2.12. The molecule has 2 aromatic rings. The molecule has 102 valence electrons. The maximum atomic E-state index is 12.1. The summed E-state index contributed by atoms with van der Waals surface area (Å²) in [5.41, 5.74) is 0.289. The van der Waals surface area contributed by atoms with Gasteiger partial charge in [-0.3, -0.25) is 19.5 Å². The van der Waals surface area contributed by atoms with Crippen LogP contribution in [-0.4, -0.2) is 9.49 Å². The number of rotatable bonds is 3. The van der Waals surface area contributed by atoms with Gasteiger partial charge in [-0.15, -0.1) is 6.42 Å². The number of aromatic nitrogens is 1. The molecule has 0 spiro atoms. The summed E-state index contributed by atoms with van der Waals surface area (Å²) in [4.78, 5) is 22.4. The summed E-state index contributed by atoms with van der Waals surface area (Å²) >= 11 is 0. The van der Waals surface area contributed by atoms with Crippen LogP contribution in [0.3, 0.4) is 0 Å². The molecule has 0 bridgehead atoms. The Kier molecular flexibility index (Phi) is 3.83. The maximum absolute atomic E-state index is 12.1. The molecule has 0 saturated carbocycles. The van der Waals surface area contributed by atoms with Crippen molar-refractivity contribution in [3.8, 4) is 29.7 Å². The first-order chi connectivity index (χ1) is 10.1. The molecule has 6 heteroatoms. The lowest BCUT2D eigenvalue weighted by Crippen LogP contribution is -2.23. The third-order valence-electron chi connectivity index (χ3n) is 2.90. The highest BCUT2D eigenvalue weighted by molar-refractivity contribution is 5.63. The van der Waals surface area contributed by atoms with E-state index in [9.17, 15) is 14.9 Å². The van der Waals surface area contributed by atoms with Crippen molar-refractivity contribution in [1.29, 1.82) is 5.26 Å². The van der Waals surface area contributed by atoms with Gasteiger partial charge in [0.15, 0.2) is 0 Å². The van der Waals surface area contributed by atoms with Crippen LogP contribution in [0.5, 0.6) is 0 Å². The number of nitriles is 1. The van der Waals surface area contributed by atoms with Crippen molar-refractivity contribution in [2.45, 2.75) is 6.54 Å². The van der Waals surface area contributed by atoms with Gasteiger partial charge in [0.1, 0.15) is 11.6 Å². The van der Waals surface area contributed by atoms with Crippen LogP contribution < -0.4 is 5.56 Å². The van der Waals surface area contributed by atoms with Crippen molar-refractivity contribution >= 4 is 5.69 Å². The van der Waals surface area contributed by atoms with E-state index in [0.29, 0.717) is 11.3 Å². The summed E-state index contributed by atoms with van der Waals surface area (Å²) in [6, 6.07) is 10.6. The molecule has 0 aliphatic carbocycles. The third-order valence-corrected chi connectivity index (χ3v) is 2.90. The number of terminal acetylenes is 1. The highest BCUT2D eigenvalue weighted by Crippen LogP contribution is 2.23. The summed E-state index contributed by atoms with van der Waals surface area (Å²) in [6.07, 6.45) is 5.25. The standard InChI is InChI=1S/C15H9N3O3/c1-2-8-17-14(7-6-12(10-16)15(17)19)11-4-3-5-13(9-11)18(20)21/h1,3-7,9H,8H2. The lowest BCUT2D eigenvalue weighted by atomic mass is 10.1. The Bertz CT molecular complexity index is 854. The molecule has 1 aromatic carbocycles. The lowest BCUT2D eigenvalue weighted by molar-refractivity contribution is -0.384. The van der Waals surface area contributed by atoms with Gasteiger partial charge in [-0.2, -0.15) is 5.26 Å².